The monoisotopic (exact) mass is 460 g/mol. The van der Waals surface area contributed by atoms with Gasteiger partial charge in [-0.2, -0.15) is 0 Å². The molecule has 166 valence electrons. The van der Waals surface area contributed by atoms with Gasteiger partial charge in [0.2, 0.25) is 5.91 Å². The molecule has 33 heavy (non-hydrogen) atoms. The normalized spacial score (nSPS) is 10.8. The number of nitrogens with one attached hydrogen (secondary N) is 2. The van der Waals surface area contributed by atoms with Gasteiger partial charge in [-0.25, -0.2) is 4.98 Å². The maximum atomic E-state index is 13.2. The van der Waals surface area contributed by atoms with Gasteiger partial charge in [-0.3, -0.25) is 19.0 Å². The van der Waals surface area contributed by atoms with Gasteiger partial charge in [0, 0.05) is 11.4 Å². The van der Waals surface area contributed by atoms with Crippen molar-refractivity contribution in [3.8, 4) is 0 Å². The average Bonchev–Trinajstić information content (AvgIpc) is 2.79. The van der Waals surface area contributed by atoms with E-state index in [2.05, 4.69) is 15.6 Å². The molecule has 2 amide bonds. The summed E-state index contributed by atoms with van der Waals surface area (Å²) in [5.74, 6) is -0.308. The summed E-state index contributed by atoms with van der Waals surface area (Å²) in [6, 6.07) is 19.0. The maximum Gasteiger partial charge on any atom is 0.261 e. The van der Waals surface area contributed by atoms with Gasteiger partial charge in [-0.1, -0.05) is 41.9 Å². The summed E-state index contributed by atoms with van der Waals surface area (Å²) in [5, 5.41) is 6.20. The summed E-state index contributed by atoms with van der Waals surface area (Å²) < 4.78 is 1.32. The van der Waals surface area contributed by atoms with Crippen molar-refractivity contribution >= 4 is 45.7 Å². The Kier molecular flexibility index (Phi) is 6.24. The zero-order valence-electron chi connectivity index (χ0n) is 18.1. The topological polar surface area (TPSA) is 93.1 Å². The molecule has 1 aromatic heterocycles. The van der Waals surface area contributed by atoms with E-state index in [0.717, 1.165) is 5.56 Å². The molecule has 0 radical (unpaired) electrons. The molecule has 0 atom stereocenters. The Labute approximate surface area is 195 Å². The molecule has 4 aromatic rings. The molecular weight excluding hydrogens is 440 g/mol. The van der Waals surface area contributed by atoms with Crippen LogP contribution in [0.25, 0.3) is 10.9 Å². The summed E-state index contributed by atoms with van der Waals surface area (Å²) in [7, 11) is 0. The lowest BCUT2D eigenvalue weighted by Gasteiger charge is -2.13. The summed E-state index contributed by atoms with van der Waals surface area (Å²) in [6.45, 7) is 3.39. The second kappa shape index (κ2) is 9.26. The Morgan fingerprint density at radius 3 is 2.45 bits per heavy atom. The molecule has 0 spiro atoms. The third-order valence-corrected chi connectivity index (χ3v) is 5.57. The van der Waals surface area contributed by atoms with E-state index in [0.29, 0.717) is 38.7 Å². The summed E-state index contributed by atoms with van der Waals surface area (Å²) in [4.78, 5) is 42.8. The van der Waals surface area contributed by atoms with E-state index in [-0.39, 0.29) is 18.0 Å². The summed E-state index contributed by atoms with van der Waals surface area (Å²) >= 11 is 6.10. The van der Waals surface area contributed by atoms with Crippen molar-refractivity contribution in [2.45, 2.75) is 20.4 Å². The number of hydrogen-bond donors (Lipinski definition) is 2. The molecule has 8 heteroatoms. The molecule has 1 heterocycles. The van der Waals surface area contributed by atoms with E-state index in [1.54, 1.807) is 55.5 Å². The highest BCUT2D eigenvalue weighted by Gasteiger charge is 2.15. The van der Waals surface area contributed by atoms with Crippen molar-refractivity contribution in [2.24, 2.45) is 0 Å². The Bertz CT molecular complexity index is 1450. The number of para-hydroxylation sites is 1. The second-order valence-corrected chi connectivity index (χ2v) is 7.99. The van der Waals surface area contributed by atoms with Crippen LogP contribution in [0.3, 0.4) is 0 Å². The smallest absolute Gasteiger partial charge is 0.261 e. The Morgan fingerprint density at radius 1 is 0.970 bits per heavy atom. The van der Waals surface area contributed by atoms with Gasteiger partial charge in [0.1, 0.15) is 12.4 Å². The van der Waals surface area contributed by atoms with Crippen molar-refractivity contribution < 1.29 is 9.59 Å². The molecule has 0 bridgehead atoms. The van der Waals surface area contributed by atoms with E-state index in [4.69, 9.17) is 11.6 Å². The number of aromatic nitrogens is 2. The number of fused-ring (bicyclic) bond motifs is 1. The van der Waals surface area contributed by atoms with Gasteiger partial charge in [0.25, 0.3) is 11.5 Å². The Hall–Kier alpha value is -3.97. The van der Waals surface area contributed by atoms with E-state index in [1.807, 2.05) is 25.1 Å². The lowest BCUT2D eigenvalue weighted by molar-refractivity contribution is -0.116. The lowest BCUT2D eigenvalue weighted by atomic mass is 10.2. The highest BCUT2D eigenvalue weighted by Crippen LogP contribution is 2.20. The van der Waals surface area contributed by atoms with Gasteiger partial charge in [0.05, 0.1) is 21.5 Å². The Balaban J connectivity index is 1.62. The number of hydrogen-bond acceptors (Lipinski definition) is 4. The molecule has 0 saturated heterocycles. The molecule has 0 saturated carbocycles. The molecule has 0 fully saturated rings. The van der Waals surface area contributed by atoms with Crippen LogP contribution in [0, 0.1) is 13.8 Å². The second-order valence-electron chi connectivity index (χ2n) is 7.58. The number of carbonyl (C=O) groups excluding carboxylic acids is 2. The Morgan fingerprint density at radius 2 is 1.70 bits per heavy atom. The van der Waals surface area contributed by atoms with Crippen LogP contribution in [-0.4, -0.2) is 21.4 Å². The fourth-order valence-electron chi connectivity index (χ4n) is 3.49. The first-order valence-electron chi connectivity index (χ1n) is 10.3. The van der Waals surface area contributed by atoms with Gasteiger partial charge < -0.3 is 10.6 Å². The lowest BCUT2D eigenvalue weighted by Crippen LogP contribution is -2.30. The molecular formula is C25H21ClN4O3. The molecule has 7 nitrogen and oxygen atoms in total. The highest BCUT2D eigenvalue weighted by molar-refractivity contribution is 6.34. The first-order chi connectivity index (χ1) is 15.8. The zero-order chi connectivity index (χ0) is 23.5. The predicted molar refractivity (Wildman–Crippen MR) is 130 cm³/mol. The first-order valence-corrected chi connectivity index (χ1v) is 10.6. The van der Waals surface area contributed by atoms with E-state index < -0.39 is 5.91 Å². The van der Waals surface area contributed by atoms with Crippen molar-refractivity contribution in [2.75, 3.05) is 10.6 Å². The minimum absolute atomic E-state index is 0.182. The molecule has 0 aliphatic carbocycles. The van der Waals surface area contributed by atoms with Crippen LogP contribution >= 0.6 is 11.6 Å². The minimum atomic E-state index is -0.391. The first kappa shape index (κ1) is 22.2. The van der Waals surface area contributed by atoms with Gasteiger partial charge in [0.15, 0.2) is 0 Å². The predicted octanol–water partition coefficient (Wildman–Crippen LogP) is 4.56. The fraction of sp³-hybridized carbons (Fsp3) is 0.120. The van der Waals surface area contributed by atoms with E-state index in [9.17, 15) is 14.4 Å². The SMILES string of the molecule is Cc1ccccc1NC(=O)Cn1c(C)nc2ccc(NC(=O)c3ccccc3Cl)cc2c1=O. The van der Waals surface area contributed by atoms with Crippen LogP contribution in [0.4, 0.5) is 11.4 Å². The van der Waals surface area contributed by atoms with E-state index in [1.165, 1.54) is 4.57 Å². The number of benzene rings is 3. The van der Waals surface area contributed by atoms with Crippen LogP contribution in [0.2, 0.25) is 5.02 Å². The third-order valence-electron chi connectivity index (χ3n) is 5.24. The summed E-state index contributed by atoms with van der Waals surface area (Å²) in [6.07, 6.45) is 0. The number of rotatable bonds is 5. The number of halogens is 1. The quantitative estimate of drug-likeness (QED) is 0.456. The van der Waals surface area contributed by atoms with Gasteiger partial charge >= 0.3 is 0 Å². The van der Waals surface area contributed by atoms with Crippen molar-refractivity contribution in [1.82, 2.24) is 9.55 Å². The number of amides is 2. The van der Waals surface area contributed by atoms with Crippen molar-refractivity contribution in [3.63, 3.8) is 0 Å². The van der Waals surface area contributed by atoms with Gasteiger partial charge in [-0.15, -0.1) is 0 Å². The van der Waals surface area contributed by atoms with Crippen LogP contribution in [0.1, 0.15) is 21.7 Å². The van der Waals surface area contributed by atoms with Crippen LogP contribution in [0.5, 0.6) is 0 Å². The fourth-order valence-corrected chi connectivity index (χ4v) is 3.71. The molecule has 0 aliphatic heterocycles. The molecule has 0 unspecified atom stereocenters. The molecule has 0 aliphatic rings. The summed E-state index contributed by atoms with van der Waals surface area (Å²) in [5.41, 5.74) is 2.46. The minimum Gasteiger partial charge on any atom is -0.324 e. The average molecular weight is 461 g/mol. The molecule has 2 N–H and O–H groups in total. The number of anilines is 2. The van der Waals surface area contributed by atoms with Crippen LogP contribution in [0.15, 0.2) is 71.5 Å². The van der Waals surface area contributed by atoms with Crippen LogP contribution in [-0.2, 0) is 11.3 Å². The maximum absolute atomic E-state index is 13.2. The zero-order valence-corrected chi connectivity index (χ0v) is 18.8. The third kappa shape index (κ3) is 4.78. The number of aryl methyl sites for hydroxylation is 2. The van der Waals surface area contributed by atoms with Crippen LogP contribution < -0.4 is 16.2 Å². The van der Waals surface area contributed by atoms with Gasteiger partial charge in [-0.05, 0) is 55.8 Å². The van der Waals surface area contributed by atoms with Crippen molar-refractivity contribution in [3.05, 3.63) is 99.1 Å². The standard InChI is InChI=1S/C25H21ClN4O3/c1-15-7-3-6-10-21(15)29-23(31)14-30-16(2)27-22-12-11-17(13-19(22)25(30)33)28-24(32)18-8-4-5-9-20(18)26/h3-13H,14H2,1-2H3,(H,28,32)(H,29,31). The number of nitrogens with zero attached hydrogens (tertiary/aromatic N) is 2. The molecule has 3 aromatic carbocycles. The van der Waals surface area contributed by atoms with Crippen molar-refractivity contribution in [1.29, 1.82) is 0 Å². The highest BCUT2D eigenvalue weighted by atomic mass is 35.5. The number of carbonyl (C=O) groups is 2. The molecule has 4 rings (SSSR count). The van der Waals surface area contributed by atoms with E-state index >= 15 is 0 Å². The largest absolute Gasteiger partial charge is 0.324 e.